The van der Waals surface area contributed by atoms with Crippen molar-refractivity contribution in [2.45, 2.75) is 0 Å². The monoisotopic (exact) mass is 260 g/mol. The number of rotatable bonds is 3. The van der Waals surface area contributed by atoms with E-state index in [1.807, 2.05) is 0 Å². The third-order valence-electron chi connectivity index (χ3n) is 2.05. The fourth-order valence-corrected chi connectivity index (χ4v) is 1.23. The van der Waals surface area contributed by atoms with E-state index in [1.165, 1.54) is 19.2 Å². The third-order valence-corrected chi connectivity index (χ3v) is 2.05. The van der Waals surface area contributed by atoms with Gasteiger partial charge in [0.1, 0.15) is 5.56 Å². The normalized spacial score (nSPS) is 8.68. The summed E-state index contributed by atoms with van der Waals surface area (Å²) in [6.45, 7) is -0.0909. The highest BCUT2D eigenvalue weighted by atomic mass is 16.6. The molecular formula is C11H8N4O4. The zero-order valence-electron chi connectivity index (χ0n) is 9.86. The van der Waals surface area contributed by atoms with Crippen LogP contribution in [-0.2, 0) is 4.74 Å². The van der Waals surface area contributed by atoms with Gasteiger partial charge in [0.15, 0.2) is 0 Å². The Morgan fingerprint density at radius 1 is 1.63 bits per heavy atom. The molecule has 0 saturated heterocycles. The fraction of sp³-hybridized carbons (Fsp3) is 0.182. The molecule has 1 rings (SSSR count). The predicted octanol–water partition coefficient (Wildman–Crippen LogP) is 2.04. The number of carbonyl (C=O) groups excluding carboxylic acids is 1. The van der Waals surface area contributed by atoms with E-state index in [0.717, 1.165) is 6.07 Å². The summed E-state index contributed by atoms with van der Waals surface area (Å²) in [6, 6.07) is 3.80. The van der Waals surface area contributed by atoms with Crippen molar-refractivity contribution in [3.63, 3.8) is 0 Å². The molecule has 0 bridgehead atoms. The molecule has 19 heavy (non-hydrogen) atoms. The minimum absolute atomic E-state index is 0.0646. The van der Waals surface area contributed by atoms with Crippen molar-refractivity contribution >= 4 is 11.7 Å². The highest BCUT2D eigenvalue weighted by Crippen LogP contribution is 2.19. The van der Waals surface area contributed by atoms with Gasteiger partial charge in [-0.05, 0) is 17.7 Å². The maximum atomic E-state index is 11.3. The van der Waals surface area contributed by atoms with Crippen LogP contribution >= 0.6 is 0 Å². The summed E-state index contributed by atoms with van der Waals surface area (Å²) >= 11 is 0. The lowest BCUT2D eigenvalue weighted by atomic mass is 10.1. The van der Waals surface area contributed by atoms with Gasteiger partial charge >= 0.3 is 5.97 Å². The number of ether oxygens (including phenoxy) is 1. The predicted molar refractivity (Wildman–Crippen MR) is 65.3 cm³/mol. The molecule has 0 aromatic heterocycles. The molecule has 0 saturated carbocycles. The number of carbonyl (C=O) groups is 1. The van der Waals surface area contributed by atoms with Crippen molar-refractivity contribution in [3.8, 4) is 11.8 Å². The summed E-state index contributed by atoms with van der Waals surface area (Å²) in [5, 5.41) is 14.1. The largest absolute Gasteiger partial charge is 0.465 e. The van der Waals surface area contributed by atoms with Gasteiger partial charge in [0.05, 0.1) is 24.1 Å². The Hall–Kier alpha value is -3.04. The first-order valence-corrected chi connectivity index (χ1v) is 4.96. The molecule has 8 nitrogen and oxygen atoms in total. The highest BCUT2D eigenvalue weighted by molar-refractivity contribution is 5.90. The zero-order chi connectivity index (χ0) is 14.3. The molecular weight excluding hydrogens is 252 g/mol. The molecule has 96 valence electrons. The number of hydrogen-bond donors (Lipinski definition) is 0. The van der Waals surface area contributed by atoms with Crippen molar-refractivity contribution in [1.29, 1.82) is 0 Å². The summed E-state index contributed by atoms with van der Waals surface area (Å²) in [6.07, 6.45) is 0. The molecule has 1 aromatic rings. The van der Waals surface area contributed by atoms with Gasteiger partial charge in [0, 0.05) is 11.0 Å². The second-order valence-corrected chi connectivity index (χ2v) is 3.17. The quantitative estimate of drug-likeness (QED) is 0.157. The van der Waals surface area contributed by atoms with Crippen LogP contribution in [0.15, 0.2) is 23.3 Å². The molecule has 0 unspecified atom stereocenters. The van der Waals surface area contributed by atoms with Crippen molar-refractivity contribution in [3.05, 3.63) is 49.9 Å². The van der Waals surface area contributed by atoms with Crippen LogP contribution in [0.4, 0.5) is 5.69 Å². The Morgan fingerprint density at radius 2 is 2.37 bits per heavy atom. The van der Waals surface area contributed by atoms with Crippen molar-refractivity contribution in [2.24, 2.45) is 5.11 Å². The van der Waals surface area contributed by atoms with E-state index in [2.05, 4.69) is 26.6 Å². The lowest BCUT2D eigenvalue weighted by molar-refractivity contribution is -0.385. The lowest BCUT2D eigenvalue weighted by Crippen LogP contribution is -2.03. The second-order valence-electron chi connectivity index (χ2n) is 3.17. The van der Waals surface area contributed by atoms with E-state index in [-0.39, 0.29) is 23.4 Å². The Balaban J connectivity index is 3.17. The number of methoxy groups -OCH3 is 1. The first kappa shape index (κ1) is 14.0. The SMILES string of the molecule is COC(=O)c1ccc(C#CCN=[N+]=[N-])c([N+](=O)[O-])c1. The summed E-state index contributed by atoms with van der Waals surface area (Å²) < 4.78 is 4.47. The molecule has 0 fully saturated rings. The van der Waals surface area contributed by atoms with Gasteiger partial charge in [-0.3, -0.25) is 10.1 Å². The van der Waals surface area contributed by atoms with Crippen molar-refractivity contribution in [2.75, 3.05) is 13.7 Å². The average Bonchev–Trinajstić information content (AvgIpc) is 2.42. The van der Waals surface area contributed by atoms with E-state index in [9.17, 15) is 14.9 Å². The maximum Gasteiger partial charge on any atom is 0.338 e. The van der Waals surface area contributed by atoms with E-state index < -0.39 is 10.9 Å². The molecule has 0 aliphatic rings. The van der Waals surface area contributed by atoms with Crippen LogP contribution < -0.4 is 0 Å². The molecule has 0 radical (unpaired) electrons. The van der Waals surface area contributed by atoms with Gasteiger partial charge in [0.25, 0.3) is 5.69 Å². The number of azide groups is 1. The van der Waals surface area contributed by atoms with Crippen LogP contribution in [0.2, 0.25) is 0 Å². The molecule has 1 aromatic carbocycles. The zero-order valence-corrected chi connectivity index (χ0v) is 9.86. The maximum absolute atomic E-state index is 11.3. The summed E-state index contributed by atoms with van der Waals surface area (Å²) in [7, 11) is 1.18. The lowest BCUT2D eigenvalue weighted by Gasteiger charge is -2.00. The minimum Gasteiger partial charge on any atom is -0.465 e. The Kier molecular flexibility index (Phi) is 4.90. The summed E-state index contributed by atoms with van der Waals surface area (Å²) in [5.74, 6) is 4.30. The summed E-state index contributed by atoms with van der Waals surface area (Å²) in [4.78, 5) is 24.0. The molecule has 0 spiro atoms. The van der Waals surface area contributed by atoms with E-state index >= 15 is 0 Å². The smallest absolute Gasteiger partial charge is 0.338 e. The van der Waals surface area contributed by atoms with Gasteiger partial charge in [-0.2, -0.15) is 0 Å². The standard InChI is InChI=1S/C11H8N4O4/c1-19-11(16)9-5-4-8(3-2-6-13-14-12)10(7-9)15(17)18/h4-5,7H,6H2,1H3. The first-order chi connectivity index (χ1) is 9.10. The first-order valence-electron chi connectivity index (χ1n) is 4.96. The Labute approximate surface area is 107 Å². The number of hydrogen-bond acceptors (Lipinski definition) is 5. The molecule has 0 amide bonds. The van der Waals surface area contributed by atoms with Crippen LogP contribution in [0.1, 0.15) is 15.9 Å². The molecule has 0 aliphatic heterocycles. The average molecular weight is 260 g/mol. The number of esters is 1. The molecule has 0 heterocycles. The van der Waals surface area contributed by atoms with E-state index in [1.54, 1.807) is 0 Å². The van der Waals surface area contributed by atoms with Crippen LogP contribution in [0.5, 0.6) is 0 Å². The van der Waals surface area contributed by atoms with Gasteiger partial charge in [-0.15, -0.1) is 0 Å². The molecule has 0 N–H and O–H groups in total. The summed E-state index contributed by atoms with van der Waals surface area (Å²) in [5.41, 5.74) is 7.95. The van der Waals surface area contributed by atoms with Gasteiger partial charge < -0.3 is 4.74 Å². The van der Waals surface area contributed by atoms with Crippen LogP contribution in [0.3, 0.4) is 0 Å². The Morgan fingerprint density at radius 3 is 2.95 bits per heavy atom. The van der Waals surface area contributed by atoms with Crippen LogP contribution in [-0.4, -0.2) is 24.5 Å². The van der Waals surface area contributed by atoms with E-state index in [4.69, 9.17) is 5.53 Å². The van der Waals surface area contributed by atoms with Gasteiger partial charge in [-0.1, -0.05) is 17.0 Å². The Bertz CT molecular complexity index is 623. The number of benzene rings is 1. The number of nitro benzene ring substituents is 1. The highest BCUT2D eigenvalue weighted by Gasteiger charge is 2.16. The van der Waals surface area contributed by atoms with Crippen molar-refractivity contribution < 1.29 is 14.5 Å². The molecule has 0 aliphatic carbocycles. The van der Waals surface area contributed by atoms with Crippen LogP contribution in [0.25, 0.3) is 10.4 Å². The topological polar surface area (TPSA) is 118 Å². The molecule has 8 heteroatoms. The fourth-order valence-electron chi connectivity index (χ4n) is 1.23. The van der Waals surface area contributed by atoms with Crippen molar-refractivity contribution in [1.82, 2.24) is 0 Å². The van der Waals surface area contributed by atoms with Gasteiger partial charge in [-0.25, -0.2) is 4.79 Å². The second kappa shape index (κ2) is 6.64. The number of nitrogens with zero attached hydrogens (tertiary/aromatic N) is 4. The van der Waals surface area contributed by atoms with Gasteiger partial charge in [0.2, 0.25) is 0 Å². The molecule has 0 atom stereocenters. The van der Waals surface area contributed by atoms with Crippen LogP contribution in [0, 0.1) is 22.0 Å². The third kappa shape index (κ3) is 3.73. The minimum atomic E-state index is -0.670. The van der Waals surface area contributed by atoms with E-state index in [0.29, 0.717) is 0 Å². The number of nitro groups is 1.